The Labute approximate surface area is 204 Å². The minimum Gasteiger partial charge on any atom is -0.462 e. The van der Waals surface area contributed by atoms with Crippen molar-refractivity contribution >= 4 is 23.8 Å². The number of ether oxygens (including phenoxy) is 2. The van der Waals surface area contributed by atoms with Gasteiger partial charge in [0.1, 0.15) is 12.4 Å². The molecule has 0 aromatic rings. The fourth-order valence-electron chi connectivity index (χ4n) is 3.06. The van der Waals surface area contributed by atoms with Crippen LogP contribution in [0, 0.1) is 0 Å². The van der Waals surface area contributed by atoms with Crippen LogP contribution in [-0.4, -0.2) is 50.1 Å². The van der Waals surface area contributed by atoms with Crippen LogP contribution in [0.4, 0.5) is 4.79 Å². The van der Waals surface area contributed by atoms with Gasteiger partial charge in [-0.05, 0) is 33.1 Å². The zero-order valence-electron chi connectivity index (χ0n) is 21.2. The number of hydrogen-bond donors (Lipinski definition) is 2. The van der Waals surface area contributed by atoms with Gasteiger partial charge in [0.2, 0.25) is 0 Å². The number of carbonyl (C=O) groups is 4. The van der Waals surface area contributed by atoms with E-state index in [4.69, 9.17) is 9.47 Å². The van der Waals surface area contributed by atoms with Crippen LogP contribution < -0.4 is 10.6 Å². The average molecular weight is 481 g/mol. The summed E-state index contributed by atoms with van der Waals surface area (Å²) >= 11 is 0. The van der Waals surface area contributed by atoms with Crippen molar-refractivity contribution in [2.75, 3.05) is 26.3 Å². The Morgan fingerprint density at radius 2 is 1.03 bits per heavy atom. The van der Waals surface area contributed by atoms with Crippen LogP contribution in [-0.2, 0) is 23.9 Å². The largest absolute Gasteiger partial charge is 0.462 e. The van der Waals surface area contributed by atoms with Gasteiger partial charge in [-0.25, -0.2) is 14.4 Å². The van der Waals surface area contributed by atoms with Gasteiger partial charge in [0, 0.05) is 30.5 Å². The topological polar surface area (TPSA) is 111 Å². The lowest BCUT2D eigenvalue weighted by Gasteiger charge is -2.08. The molecule has 0 aromatic heterocycles. The molecule has 0 bridgehead atoms. The number of carbonyl (C=O) groups excluding carboxylic acids is 4. The number of hydrogen-bond acceptors (Lipinski definition) is 6. The lowest BCUT2D eigenvalue weighted by molar-refractivity contribution is -0.140. The van der Waals surface area contributed by atoms with Crippen molar-refractivity contribution in [1.29, 1.82) is 0 Å². The van der Waals surface area contributed by atoms with Crippen LogP contribution in [0.5, 0.6) is 0 Å². The standard InChI is InChI=1S/C26H44N2O6/c1-21(2)24(30)33-19-14-16-23(29)15-12-10-8-6-5-7-9-11-13-17-27-26(32)28-18-20-34-25(31)22(3)4/h1,3,5-20H2,2,4H3,(H2,27,28,32). The summed E-state index contributed by atoms with van der Waals surface area (Å²) in [7, 11) is 0. The minimum atomic E-state index is -0.454. The van der Waals surface area contributed by atoms with E-state index in [9.17, 15) is 19.2 Å². The summed E-state index contributed by atoms with van der Waals surface area (Å²) < 4.78 is 9.87. The van der Waals surface area contributed by atoms with E-state index in [0.29, 0.717) is 37.0 Å². The van der Waals surface area contributed by atoms with Gasteiger partial charge >= 0.3 is 18.0 Å². The summed E-state index contributed by atoms with van der Waals surface area (Å²) in [5.41, 5.74) is 0.714. The van der Waals surface area contributed by atoms with Crippen molar-refractivity contribution in [2.45, 2.75) is 90.9 Å². The number of esters is 2. The third-order valence-electron chi connectivity index (χ3n) is 5.07. The summed E-state index contributed by atoms with van der Waals surface area (Å²) in [6, 6.07) is -0.254. The molecule has 8 heteroatoms. The van der Waals surface area contributed by atoms with Crippen LogP contribution in [0.1, 0.15) is 90.9 Å². The molecule has 0 saturated carbocycles. The highest BCUT2D eigenvalue weighted by molar-refractivity contribution is 5.87. The lowest BCUT2D eigenvalue weighted by atomic mass is 10.0. The van der Waals surface area contributed by atoms with E-state index >= 15 is 0 Å². The van der Waals surface area contributed by atoms with E-state index in [-0.39, 0.29) is 31.6 Å². The molecule has 2 N–H and O–H groups in total. The number of ketones is 1. The molecule has 0 aliphatic carbocycles. The maximum Gasteiger partial charge on any atom is 0.333 e. The van der Waals surface area contributed by atoms with Gasteiger partial charge in [-0.1, -0.05) is 58.1 Å². The average Bonchev–Trinajstić information content (AvgIpc) is 2.79. The number of amides is 2. The first-order valence-electron chi connectivity index (χ1n) is 12.4. The Balaban J connectivity index is 3.36. The van der Waals surface area contributed by atoms with Gasteiger partial charge < -0.3 is 20.1 Å². The summed E-state index contributed by atoms with van der Waals surface area (Å²) in [5.74, 6) is -0.617. The molecule has 0 aromatic carbocycles. The Morgan fingerprint density at radius 1 is 0.588 bits per heavy atom. The molecule has 194 valence electrons. The number of nitrogens with one attached hydrogen (secondary N) is 2. The normalized spacial score (nSPS) is 10.3. The van der Waals surface area contributed by atoms with Crippen LogP contribution >= 0.6 is 0 Å². The molecule has 0 saturated heterocycles. The summed E-state index contributed by atoms with van der Waals surface area (Å²) in [6.45, 7) is 11.5. The van der Waals surface area contributed by atoms with Crippen molar-refractivity contribution < 1.29 is 28.7 Å². The first-order valence-corrected chi connectivity index (χ1v) is 12.4. The van der Waals surface area contributed by atoms with Gasteiger partial charge in [0.25, 0.3) is 0 Å². The number of Topliss-reactive ketones (excluding diaryl/α,β-unsaturated/α-hetero) is 1. The molecular weight excluding hydrogens is 436 g/mol. The van der Waals surface area contributed by atoms with Gasteiger partial charge in [0.05, 0.1) is 13.2 Å². The first kappa shape index (κ1) is 31.4. The second-order valence-corrected chi connectivity index (χ2v) is 8.59. The minimum absolute atomic E-state index is 0.129. The van der Waals surface area contributed by atoms with Crippen molar-refractivity contribution in [1.82, 2.24) is 10.6 Å². The van der Waals surface area contributed by atoms with E-state index in [2.05, 4.69) is 23.8 Å². The molecule has 0 aliphatic heterocycles. The highest BCUT2D eigenvalue weighted by Gasteiger charge is 2.06. The van der Waals surface area contributed by atoms with E-state index in [0.717, 1.165) is 38.5 Å². The Hall–Kier alpha value is -2.64. The predicted molar refractivity (Wildman–Crippen MR) is 133 cm³/mol. The van der Waals surface area contributed by atoms with E-state index < -0.39 is 11.9 Å². The second kappa shape index (κ2) is 20.9. The summed E-state index contributed by atoms with van der Waals surface area (Å²) in [4.78, 5) is 45.9. The molecule has 8 nitrogen and oxygen atoms in total. The fraction of sp³-hybridized carbons (Fsp3) is 0.692. The van der Waals surface area contributed by atoms with Gasteiger partial charge in [-0.2, -0.15) is 0 Å². The van der Waals surface area contributed by atoms with Crippen LogP contribution in [0.2, 0.25) is 0 Å². The maximum absolute atomic E-state index is 11.8. The first-order chi connectivity index (χ1) is 16.2. The van der Waals surface area contributed by atoms with Gasteiger partial charge in [0.15, 0.2) is 0 Å². The maximum atomic E-state index is 11.8. The predicted octanol–water partition coefficient (Wildman–Crippen LogP) is 4.77. The molecule has 0 radical (unpaired) electrons. The van der Waals surface area contributed by atoms with Crippen molar-refractivity contribution in [3.63, 3.8) is 0 Å². The van der Waals surface area contributed by atoms with E-state index in [1.165, 1.54) is 19.3 Å². The van der Waals surface area contributed by atoms with Crippen molar-refractivity contribution in [3.05, 3.63) is 24.3 Å². The van der Waals surface area contributed by atoms with Crippen LogP contribution in [0.15, 0.2) is 24.3 Å². The Kier molecular flexibility index (Phi) is 19.3. The van der Waals surface area contributed by atoms with Crippen LogP contribution in [0.25, 0.3) is 0 Å². The third kappa shape index (κ3) is 20.0. The van der Waals surface area contributed by atoms with Gasteiger partial charge in [-0.3, -0.25) is 4.79 Å². The molecular formula is C26H44N2O6. The molecule has 0 aliphatic rings. The molecule has 34 heavy (non-hydrogen) atoms. The zero-order valence-corrected chi connectivity index (χ0v) is 21.2. The molecule has 0 fully saturated rings. The molecule has 2 amide bonds. The van der Waals surface area contributed by atoms with Crippen molar-refractivity contribution in [3.8, 4) is 0 Å². The monoisotopic (exact) mass is 480 g/mol. The summed E-state index contributed by atoms with van der Waals surface area (Å²) in [5, 5.41) is 5.43. The second-order valence-electron chi connectivity index (χ2n) is 8.59. The molecule has 0 unspecified atom stereocenters. The quantitative estimate of drug-likeness (QED) is 0.139. The van der Waals surface area contributed by atoms with Crippen molar-refractivity contribution in [2.24, 2.45) is 0 Å². The number of unbranched alkanes of at least 4 members (excludes halogenated alkanes) is 8. The fourth-order valence-corrected chi connectivity index (χ4v) is 3.06. The summed E-state index contributed by atoms with van der Waals surface area (Å²) in [6.07, 6.45) is 11.5. The zero-order chi connectivity index (χ0) is 25.6. The van der Waals surface area contributed by atoms with Gasteiger partial charge in [-0.15, -0.1) is 0 Å². The number of rotatable bonds is 21. The Bertz CT molecular complexity index is 604. The molecule has 0 atom stereocenters. The highest BCUT2D eigenvalue weighted by Crippen LogP contribution is 2.11. The lowest BCUT2D eigenvalue weighted by Crippen LogP contribution is -2.38. The van der Waals surface area contributed by atoms with E-state index in [1.54, 1.807) is 13.8 Å². The SMILES string of the molecule is C=C(C)C(=O)OCCCC(=O)CCCCCCCCCCCNC(=O)NCCOC(=O)C(=C)C. The third-order valence-corrected chi connectivity index (χ3v) is 5.07. The number of urea groups is 1. The molecule has 0 spiro atoms. The van der Waals surface area contributed by atoms with E-state index in [1.807, 2.05) is 0 Å². The van der Waals surface area contributed by atoms with Crippen LogP contribution in [0.3, 0.4) is 0 Å². The molecule has 0 heterocycles. The smallest absolute Gasteiger partial charge is 0.333 e. The Morgan fingerprint density at radius 3 is 1.59 bits per heavy atom. The molecule has 0 rings (SSSR count). The highest BCUT2D eigenvalue weighted by atomic mass is 16.5.